The summed E-state index contributed by atoms with van der Waals surface area (Å²) in [7, 11) is 0. The van der Waals surface area contributed by atoms with Gasteiger partial charge >= 0.3 is 0 Å². The molecule has 4 nitrogen and oxygen atoms in total. The van der Waals surface area contributed by atoms with Gasteiger partial charge in [-0.05, 0) is 29.9 Å². The second kappa shape index (κ2) is 4.78. The van der Waals surface area contributed by atoms with Crippen molar-refractivity contribution in [1.82, 2.24) is 10.1 Å². The highest BCUT2D eigenvalue weighted by Gasteiger charge is 2.28. The third-order valence-electron chi connectivity index (χ3n) is 3.88. The predicted molar refractivity (Wildman–Crippen MR) is 72.7 cm³/mol. The lowest BCUT2D eigenvalue weighted by Gasteiger charge is -2.09. The average Bonchev–Trinajstić information content (AvgIpc) is 3.03. The van der Waals surface area contributed by atoms with E-state index in [1.54, 1.807) is 0 Å². The van der Waals surface area contributed by atoms with Crippen molar-refractivity contribution >= 4 is 0 Å². The van der Waals surface area contributed by atoms with Gasteiger partial charge in [-0.25, -0.2) is 0 Å². The van der Waals surface area contributed by atoms with Crippen LogP contribution in [0.4, 0.5) is 0 Å². The van der Waals surface area contributed by atoms with Crippen molar-refractivity contribution in [2.24, 2.45) is 11.7 Å². The molecule has 3 rings (SSSR count). The van der Waals surface area contributed by atoms with Crippen molar-refractivity contribution in [3.8, 4) is 0 Å². The maximum atomic E-state index is 6.04. The van der Waals surface area contributed by atoms with E-state index in [9.17, 15) is 0 Å². The number of fused-ring (bicyclic) bond motifs is 1. The smallest absolute Gasteiger partial charge is 0.243 e. The zero-order chi connectivity index (χ0) is 13.4. The summed E-state index contributed by atoms with van der Waals surface area (Å²) in [6.07, 6.45) is 1.98. The minimum atomic E-state index is -0.176. The Kier molecular flexibility index (Phi) is 3.11. The number of rotatable bonds is 3. The molecular formula is C15H19N3O. The molecule has 4 heteroatoms. The van der Waals surface area contributed by atoms with Crippen LogP contribution >= 0.6 is 0 Å². The van der Waals surface area contributed by atoms with Gasteiger partial charge in [0.15, 0.2) is 5.82 Å². The average molecular weight is 257 g/mol. The van der Waals surface area contributed by atoms with E-state index < -0.39 is 0 Å². The normalized spacial score (nSPS) is 16.8. The second-order valence-electron chi connectivity index (χ2n) is 5.63. The van der Waals surface area contributed by atoms with Crippen LogP contribution in [0.1, 0.15) is 48.6 Å². The molecule has 19 heavy (non-hydrogen) atoms. The number of nitrogens with zero attached hydrogens (tertiary/aromatic N) is 2. The maximum Gasteiger partial charge on any atom is 0.243 e. The van der Waals surface area contributed by atoms with Gasteiger partial charge in [-0.1, -0.05) is 43.3 Å². The SMILES string of the molecule is CC(C)[C@@H](N)c1nc(C2Cc3ccccc3C2)no1. The Morgan fingerprint density at radius 3 is 2.42 bits per heavy atom. The van der Waals surface area contributed by atoms with E-state index >= 15 is 0 Å². The lowest BCUT2D eigenvalue weighted by atomic mass is 10.0. The van der Waals surface area contributed by atoms with Crippen LogP contribution in [0, 0.1) is 5.92 Å². The summed E-state index contributed by atoms with van der Waals surface area (Å²) < 4.78 is 5.31. The lowest BCUT2D eigenvalue weighted by molar-refractivity contribution is 0.321. The van der Waals surface area contributed by atoms with Crippen molar-refractivity contribution in [2.75, 3.05) is 0 Å². The van der Waals surface area contributed by atoms with Crippen LogP contribution in [0.2, 0.25) is 0 Å². The summed E-state index contributed by atoms with van der Waals surface area (Å²) in [4.78, 5) is 4.49. The highest BCUT2D eigenvalue weighted by Crippen LogP contribution is 2.32. The van der Waals surface area contributed by atoms with Gasteiger partial charge in [0.1, 0.15) is 0 Å². The first kappa shape index (κ1) is 12.4. The van der Waals surface area contributed by atoms with Crippen molar-refractivity contribution < 1.29 is 4.52 Å². The van der Waals surface area contributed by atoms with Crippen molar-refractivity contribution in [3.05, 3.63) is 47.1 Å². The molecule has 2 N–H and O–H groups in total. The van der Waals surface area contributed by atoms with E-state index in [1.165, 1.54) is 11.1 Å². The van der Waals surface area contributed by atoms with E-state index in [-0.39, 0.29) is 6.04 Å². The van der Waals surface area contributed by atoms with Crippen LogP contribution in [0.3, 0.4) is 0 Å². The third kappa shape index (κ3) is 2.28. The van der Waals surface area contributed by atoms with E-state index in [4.69, 9.17) is 10.3 Å². The summed E-state index contributed by atoms with van der Waals surface area (Å²) in [6, 6.07) is 8.34. The molecule has 1 aliphatic rings. The molecule has 1 aromatic heterocycles. The zero-order valence-corrected chi connectivity index (χ0v) is 11.3. The molecule has 2 aromatic rings. The number of hydrogen-bond donors (Lipinski definition) is 1. The number of aromatic nitrogens is 2. The van der Waals surface area contributed by atoms with E-state index in [1.807, 2.05) is 0 Å². The molecule has 0 saturated carbocycles. The molecular weight excluding hydrogens is 238 g/mol. The van der Waals surface area contributed by atoms with E-state index in [2.05, 4.69) is 48.3 Å². The van der Waals surface area contributed by atoms with Crippen LogP contribution in [0.25, 0.3) is 0 Å². The Morgan fingerprint density at radius 2 is 1.84 bits per heavy atom. The quantitative estimate of drug-likeness (QED) is 0.918. The van der Waals surface area contributed by atoms with Gasteiger partial charge in [-0.15, -0.1) is 0 Å². The molecule has 0 radical (unpaired) electrons. The maximum absolute atomic E-state index is 6.04. The Morgan fingerprint density at radius 1 is 1.21 bits per heavy atom. The molecule has 100 valence electrons. The van der Waals surface area contributed by atoms with Gasteiger partial charge in [0.25, 0.3) is 0 Å². The Bertz CT molecular complexity index is 551. The topological polar surface area (TPSA) is 64.9 Å². The van der Waals surface area contributed by atoms with Crippen molar-refractivity contribution in [3.63, 3.8) is 0 Å². The predicted octanol–water partition coefficient (Wildman–Crippen LogP) is 2.61. The lowest BCUT2D eigenvalue weighted by Crippen LogP contribution is -2.17. The summed E-state index contributed by atoms with van der Waals surface area (Å²) >= 11 is 0. The first-order valence-electron chi connectivity index (χ1n) is 6.81. The molecule has 0 spiro atoms. The molecule has 1 aromatic carbocycles. The van der Waals surface area contributed by atoms with Gasteiger partial charge in [-0.3, -0.25) is 0 Å². The fraction of sp³-hybridized carbons (Fsp3) is 0.467. The van der Waals surface area contributed by atoms with E-state index in [0.29, 0.717) is 17.7 Å². The fourth-order valence-corrected chi connectivity index (χ4v) is 2.58. The first-order chi connectivity index (χ1) is 9.15. The van der Waals surface area contributed by atoms with Gasteiger partial charge in [0.2, 0.25) is 5.89 Å². The molecule has 0 fully saturated rings. The summed E-state index contributed by atoms with van der Waals surface area (Å²) in [6.45, 7) is 4.11. The summed E-state index contributed by atoms with van der Waals surface area (Å²) in [5.74, 6) is 1.98. The largest absolute Gasteiger partial charge is 0.338 e. The highest BCUT2D eigenvalue weighted by atomic mass is 16.5. The highest BCUT2D eigenvalue weighted by molar-refractivity contribution is 5.34. The molecule has 0 aliphatic heterocycles. The monoisotopic (exact) mass is 257 g/mol. The minimum Gasteiger partial charge on any atom is -0.338 e. The molecule has 0 unspecified atom stereocenters. The molecule has 1 atom stereocenters. The third-order valence-corrected chi connectivity index (χ3v) is 3.88. The van der Waals surface area contributed by atoms with Crippen LogP contribution < -0.4 is 5.73 Å². The van der Waals surface area contributed by atoms with Crippen LogP contribution in [-0.4, -0.2) is 10.1 Å². The van der Waals surface area contributed by atoms with Crippen molar-refractivity contribution in [1.29, 1.82) is 0 Å². The number of nitrogens with two attached hydrogens (primary N) is 1. The second-order valence-corrected chi connectivity index (χ2v) is 5.63. The summed E-state index contributed by atoms with van der Waals surface area (Å²) in [5, 5.41) is 4.12. The summed E-state index contributed by atoms with van der Waals surface area (Å²) in [5.41, 5.74) is 8.83. The number of hydrogen-bond acceptors (Lipinski definition) is 4. The van der Waals surface area contributed by atoms with Crippen LogP contribution in [-0.2, 0) is 12.8 Å². The molecule has 0 saturated heterocycles. The Hall–Kier alpha value is -1.68. The minimum absolute atomic E-state index is 0.176. The molecule has 1 heterocycles. The van der Waals surface area contributed by atoms with Crippen LogP contribution in [0.5, 0.6) is 0 Å². The van der Waals surface area contributed by atoms with Gasteiger partial charge in [0, 0.05) is 5.92 Å². The fourth-order valence-electron chi connectivity index (χ4n) is 2.58. The van der Waals surface area contributed by atoms with Gasteiger partial charge < -0.3 is 10.3 Å². The van der Waals surface area contributed by atoms with Gasteiger partial charge in [-0.2, -0.15) is 4.98 Å². The Balaban J connectivity index is 1.79. The number of benzene rings is 1. The zero-order valence-electron chi connectivity index (χ0n) is 11.3. The van der Waals surface area contributed by atoms with Crippen LogP contribution in [0.15, 0.2) is 28.8 Å². The van der Waals surface area contributed by atoms with E-state index in [0.717, 1.165) is 18.7 Å². The standard InChI is InChI=1S/C15H19N3O/c1-9(2)13(16)15-17-14(18-19-15)12-7-10-5-3-4-6-11(10)8-12/h3-6,9,12-13H,7-8,16H2,1-2H3/t13-/m1/s1. The van der Waals surface area contributed by atoms with Gasteiger partial charge in [0.05, 0.1) is 6.04 Å². The molecule has 1 aliphatic carbocycles. The Labute approximate surface area is 113 Å². The first-order valence-corrected chi connectivity index (χ1v) is 6.81. The van der Waals surface area contributed by atoms with Crippen molar-refractivity contribution in [2.45, 2.75) is 38.6 Å². The molecule has 0 bridgehead atoms. The molecule has 0 amide bonds.